The number of hydrogen-bond donors (Lipinski definition) is 2. The maximum atomic E-state index is 10.9. The van der Waals surface area contributed by atoms with Gasteiger partial charge >= 0.3 is 0 Å². The third-order valence-electron chi connectivity index (χ3n) is 2.83. The molecule has 0 aliphatic rings. The summed E-state index contributed by atoms with van der Waals surface area (Å²) in [4.78, 5) is 10.9. The summed E-state index contributed by atoms with van der Waals surface area (Å²) >= 11 is 0. The second kappa shape index (κ2) is 6.99. The van der Waals surface area contributed by atoms with Crippen LogP contribution in [0, 0.1) is 0 Å². The highest BCUT2D eigenvalue weighted by molar-refractivity contribution is 5.75. The molecule has 1 unspecified atom stereocenters. The fraction of sp³-hybridized carbons (Fsp3) is 0.500. The Balaban J connectivity index is 2.76. The fourth-order valence-electron chi connectivity index (χ4n) is 1.86. The standard InChI is InChI=1S/C14H20O5/c1-9(15)6-11(16)5-4-10-7-12(18-2)14(17)13(8-10)19-3/h7-8,11,16-17H,4-6H2,1-3H3. The van der Waals surface area contributed by atoms with E-state index in [9.17, 15) is 15.0 Å². The van der Waals surface area contributed by atoms with Crippen LogP contribution >= 0.6 is 0 Å². The first-order chi connectivity index (χ1) is 8.97. The van der Waals surface area contributed by atoms with Crippen LogP contribution in [0.3, 0.4) is 0 Å². The van der Waals surface area contributed by atoms with Gasteiger partial charge in [0.25, 0.3) is 0 Å². The zero-order chi connectivity index (χ0) is 14.4. The average Bonchev–Trinajstić information content (AvgIpc) is 2.36. The molecule has 0 heterocycles. The van der Waals surface area contributed by atoms with Gasteiger partial charge in [0, 0.05) is 6.42 Å². The summed E-state index contributed by atoms with van der Waals surface area (Å²) in [6.45, 7) is 1.45. The number of ether oxygens (including phenoxy) is 2. The van der Waals surface area contributed by atoms with Crippen LogP contribution in [0.1, 0.15) is 25.3 Å². The van der Waals surface area contributed by atoms with Gasteiger partial charge in [0.15, 0.2) is 11.5 Å². The molecule has 1 aromatic carbocycles. The van der Waals surface area contributed by atoms with Crippen molar-refractivity contribution in [3.8, 4) is 17.2 Å². The SMILES string of the molecule is COc1cc(CCC(O)CC(C)=O)cc(OC)c1O. The second-order valence-electron chi connectivity index (χ2n) is 4.45. The number of hydrogen-bond acceptors (Lipinski definition) is 5. The number of aromatic hydroxyl groups is 1. The van der Waals surface area contributed by atoms with Crippen LogP contribution in [0.5, 0.6) is 17.2 Å². The molecule has 0 saturated heterocycles. The van der Waals surface area contributed by atoms with Crippen molar-refractivity contribution in [2.75, 3.05) is 14.2 Å². The quantitative estimate of drug-likeness (QED) is 0.787. The van der Waals surface area contributed by atoms with Gasteiger partial charge in [-0.25, -0.2) is 0 Å². The molecule has 19 heavy (non-hydrogen) atoms. The van der Waals surface area contributed by atoms with Crippen LogP contribution in [0.15, 0.2) is 12.1 Å². The molecule has 0 aliphatic carbocycles. The number of ketones is 1. The van der Waals surface area contributed by atoms with Crippen molar-refractivity contribution in [3.63, 3.8) is 0 Å². The molecule has 5 nitrogen and oxygen atoms in total. The Morgan fingerprint density at radius 3 is 2.21 bits per heavy atom. The van der Waals surface area contributed by atoms with Crippen molar-refractivity contribution < 1.29 is 24.5 Å². The third kappa shape index (κ3) is 4.44. The van der Waals surface area contributed by atoms with Crippen LogP contribution in [-0.2, 0) is 11.2 Å². The van der Waals surface area contributed by atoms with Gasteiger partial charge in [-0.05, 0) is 37.5 Å². The number of aliphatic hydroxyl groups excluding tert-OH is 1. The summed E-state index contributed by atoms with van der Waals surface area (Å²) < 4.78 is 10.1. The maximum absolute atomic E-state index is 10.9. The highest BCUT2D eigenvalue weighted by atomic mass is 16.5. The van der Waals surface area contributed by atoms with Gasteiger partial charge in [-0.15, -0.1) is 0 Å². The number of aliphatic hydroxyl groups is 1. The summed E-state index contributed by atoms with van der Waals surface area (Å²) in [5, 5.41) is 19.4. The molecular formula is C14H20O5. The second-order valence-corrected chi connectivity index (χ2v) is 4.45. The Labute approximate surface area is 112 Å². The molecule has 106 valence electrons. The van der Waals surface area contributed by atoms with Gasteiger partial charge in [-0.2, -0.15) is 0 Å². The normalized spacial score (nSPS) is 12.0. The first-order valence-electron chi connectivity index (χ1n) is 6.09. The largest absolute Gasteiger partial charge is 0.502 e. The Bertz CT molecular complexity index is 416. The third-order valence-corrected chi connectivity index (χ3v) is 2.83. The zero-order valence-electron chi connectivity index (χ0n) is 11.5. The molecule has 0 spiro atoms. The Hall–Kier alpha value is -1.75. The van der Waals surface area contributed by atoms with Gasteiger partial charge in [-0.1, -0.05) is 0 Å². The van der Waals surface area contributed by atoms with Gasteiger partial charge in [0.1, 0.15) is 5.78 Å². The molecular weight excluding hydrogens is 248 g/mol. The Morgan fingerprint density at radius 1 is 1.26 bits per heavy atom. The van der Waals surface area contributed by atoms with E-state index in [-0.39, 0.29) is 18.0 Å². The van der Waals surface area contributed by atoms with E-state index in [1.54, 1.807) is 12.1 Å². The summed E-state index contributed by atoms with van der Waals surface area (Å²) in [7, 11) is 2.92. The lowest BCUT2D eigenvalue weighted by molar-refractivity contribution is -0.118. The maximum Gasteiger partial charge on any atom is 0.200 e. The summed E-state index contributed by atoms with van der Waals surface area (Å²) in [6.07, 6.45) is 0.549. The number of aryl methyl sites for hydroxylation is 1. The lowest BCUT2D eigenvalue weighted by Gasteiger charge is -2.12. The minimum atomic E-state index is -0.650. The van der Waals surface area contributed by atoms with E-state index in [1.165, 1.54) is 21.1 Å². The predicted molar refractivity (Wildman–Crippen MR) is 70.8 cm³/mol. The van der Waals surface area contributed by atoms with E-state index in [4.69, 9.17) is 9.47 Å². The molecule has 0 radical (unpaired) electrons. The first kappa shape index (κ1) is 15.3. The Kier molecular flexibility index (Phi) is 5.63. The first-order valence-corrected chi connectivity index (χ1v) is 6.09. The number of phenols is 1. The van der Waals surface area contributed by atoms with E-state index >= 15 is 0 Å². The van der Waals surface area contributed by atoms with Crippen LogP contribution in [0.2, 0.25) is 0 Å². The molecule has 1 aromatic rings. The van der Waals surface area contributed by atoms with Crippen LogP contribution in [0.25, 0.3) is 0 Å². The monoisotopic (exact) mass is 268 g/mol. The highest BCUT2D eigenvalue weighted by Crippen LogP contribution is 2.37. The smallest absolute Gasteiger partial charge is 0.200 e. The summed E-state index contributed by atoms with van der Waals surface area (Å²) in [6, 6.07) is 3.39. The molecule has 0 aliphatic heterocycles. The van der Waals surface area contributed by atoms with Gasteiger partial charge < -0.3 is 19.7 Å². The molecule has 0 amide bonds. The Morgan fingerprint density at radius 2 is 1.79 bits per heavy atom. The lowest BCUT2D eigenvalue weighted by atomic mass is 10.0. The molecule has 0 aromatic heterocycles. The molecule has 0 fully saturated rings. The van der Waals surface area contributed by atoms with Crippen molar-refractivity contribution in [1.29, 1.82) is 0 Å². The van der Waals surface area contributed by atoms with Crippen molar-refractivity contribution >= 4 is 5.78 Å². The van der Waals surface area contributed by atoms with Crippen LogP contribution < -0.4 is 9.47 Å². The topological polar surface area (TPSA) is 76.0 Å². The molecule has 0 bridgehead atoms. The molecule has 0 saturated carbocycles. The van der Waals surface area contributed by atoms with Crippen molar-refractivity contribution in [3.05, 3.63) is 17.7 Å². The average molecular weight is 268 g/mol. The number of carbonyl (C=O) groups is 1. The predicted octanol–water partition coefficient (Wildman–Crippen LogP) is 1.68. The number of benzene rings is 1. The van der Waals surface area contributed by atoms with Gasteiger partial charge in [-0.3, -0.25) is 4.79 Å². The van der Waals surface area contributed by atoms with Crippen LogP contribution in [0.4, 0.5) is 0 Å². The minimum absolute atomic E-state index is 0.0339. The van der Waals surface area contributed by atoms with Gasteiger partial charge in [0.2, 0.25) is 5.75 Å². The number of rotatable bonds is 7. The molecule has 2 N–H and O–H groups in total. The van der Waals surface area contributed by atoms with Crippen molar-refractivity contribution in [1.82, 2.24) is 0 Å². The fourth-order valence-corrected chi connectivity index (χ4v) is 1.86. The number of methoxy groups -OCH3 is 2. The molecule has 5 heteroatoms. The number of phenolic OH excluding ortho intramolecular Hbond substituents is 1. The summed E-state index contributed by atoms with van der Waals surface area (Å²) in [5.74, 6) is 0.581. The molecule has 1 rings (SSSR count). The number of carbonyl (C=O) groups excluding carboxylic acids is 1. The highest BCUT2D eigenvalue weighted by Gasteiger charge is 2.13. The van der Waals surface area contributed by atoms with E-state index in [0.29, 0.717) is 24.3 Å². The van der Waals surface area contributed by atoms with Crippen molar-refractivity contribution in [2.45, 2.75) is 32.3 Å². The van der Waals surface area contributed by atoms with E-state index < -0.39 is 6.10 Å². The van der Waals surface area contributed by atoms with Gasteiger partial charge in [0.05, 0.1) is 20.3 Å². The zero-order valence-corrected chi connectivity index (χ0v) is 11.5. The van der Waals surface area contributed by atoms with Crippen molar-refractivity contribution in [2.24, 2.45) is 0 Å². The summed E-state index contributed by atoms with van der Waals surface area (Å²) in [5.41, 5.74) is 0.870. The van der Waals surface area contributed by atoms with Crippen LogP contribution in [-0.4, -0.2) is 36.3 Å². The van der Waals surface area contributed by atoms with E-state index in [0.717, 1.165) is 5.56 Å². The van der Waals surface area contributed by atoms with E-state index in [2.05, 4.69) is 0 Å². The minimum Gasteiger partial charge on any atom is -0.502 e. The molecule has 1 atom stereocenters. The van der Waals surface area contributed by atoms with E-state index in [1.807, 2.05) is 0 Å². The number of Topliss-reactive ketones (excluding diaryl/α,β-unsaturated/α-hetero) is 1. The lowest BCUT2D eigenvalue weighted by Crippen LogP contribution is -2.12.